The van der Waals surface area contributed by atoms with Crippen molar-refractivity contribution in [2.45, 2.75) is 19.5 Å². The number of para-hydroxylation sites is 2. The highest BCUT2D eigenvalue weighted by Crippen LogP contribution is 2.26. The first-order chi connectivity index (χ1) is 9.96. The molecule has 0 radical (unpaired) electrons. The molecule has 0 aliphatic carbocycles. The van der Waals surface area contributed by atoms with Crippen molar-refractivity contribution in [3.63, 3.8) is 0 Å². The van der Waals surface area contributed by atoms with Crippen molar-refractivity contribution in [1.82, 2.24) is 5.32 Å². The molecular weight excluding hydrogens is 283 g/mol. The molecule has 2 rings (SSSR count). The molecule has 0 atom stereocenters. The zero-order chi connectivity index (χ0) is 15.3. The number of hydrogen-bond acceptors (Lipinski definition) is 3. The molecule has 0 unspecified atom stereocenters. The standard InChI is InChI=1S/C15H14F3NO2/c16-15(17,18)21-14-8-4-2-6-12(14)10-19-9-11-5-1-3-7-13(11)20/h1-8,19-20H,9-10H2. The second-order valence-corrected chi connectivity index (χ2v) is 4.39. The van der Waals surface area contributed by atoms with Crippen LogP contribution in [0.25, 0.3) is 0 Å². The SMILES string of the molecule is Oc1ccccc1CNCc1ccccc1OC(F)(F)F. The third-order valence-electron chi connectivity index (χ3n) is 2.82. The summed E-state index contributed by atoms with van der Waals surface area (Å²) in [6.45, 7) is 0.535. The Balaban J connectivity index is 1.99. The largest absolute Gasteiger partial charge is 0.573 e. The van der Waals surface area contributed by atoms with E-state index in [4.69, 9.17) is 0 Å². The Morgan fingerprint density at radius 1 is 0.905 bits per heavy atom. The van der Waals surface area contributed by atoms with Crippen molar-refractivity contribution in [3.05, 3.63) is 59.7 Å². The number of phenolic OH excluding ortho intramolecular Hbond substituents is 1. The molecule has 0 saturated heterocycles. The number of phenols is 1. The number of halogens is 3. The summed E-state index contributed by atoms with van der Waals surface area (Å²) in [5.74, 6) is -0.0837. The van der Waals surface area contributed by atoms with Gasteiger partial charge in [0.2, 0.25) is 0 Å². The molecule has 0 aliphatic heterocycles. The maximum absolute atomic E-state index is 12.3. The third-order valence-corrected chi connectivity index (χ3v) is 2.82. The fourth-order valence-corrected chi connectivity index (χ4v) is 1.87. The molecule has 0 heterocycles. The van der Waals surface area contributed by atoms with E-state index >= 15 is 0 Å². The van der Waals surface area contributed by atoms with E-state index in [1.165, 1.54) is 12.1 Å². The summed E-state index contributed by atoms with van der Waals surface area (Å²) in [4.78, 5) is 0. The predicted molar refractivity (Wildman–Crippen MR) is 71.8 cm³/mol. The monoisotopic (exact) mass is 297 g/mol. The van der Waals surface area contributed by atoms with Crippen molar-refractivity contribution < 1.29 is 23.0 Å². The van der Waals surface area contributed by atoms with E-state index in [1.807, 2.05) is 0 Å². The van der Waals surface area contributed by atoms with Gasteiger partial charge in [0.25, 0.3) is 0 Å². The van der Waals surface area contributed by atoms with Crippen LogP contribution in [0.15, 0.2) is 48.5 Å². The second kappa shape index (κ2) is 6.49. The zero-order valence-corrected chi connectivity index (χ0v) is 11.0. The van der Waals surface area contributed by atoms with E-state index < -0.39 is 6.36 Å². The maximum atomic E-state index is 12.3. The third kappa shape index (κ3) is 4.68. The van der Waals surface area contributed by atoms with Crippen LogP contribution in [-0.2, 0) is 13.1 Å². The Labute approximate surface area is 120 Å². The molecule has 2 aromatic rings. The van der Waals surface area contributed by atoms with Gasteiger partial charge in [0.1, 0.15) is 11.5 Å². The summed E-state index contributed by atoms with van der Waals surface area (Å²) in [5.41, 5.74) is 1.07. The average Bonchev–Trinajstić information content (AvgIpc) is 2.41. The summed E-state index contributed by atoms with van der Waals surface area (Å²) in [5, 5.41) is 12.6. The van der Waals surface area contributed by atoms with E-state index in [9.17, 15) is 18.3 Å². The van der Waals surface area contributed by atoms with Gasteiger partial charge in [-0.15, -0.1) is 13.2 Å². The van der Waals surface area contributed by atoms with Crippen LogP contribution in [0, 0.1) is 0 Å². The molecule has 112 valence electrons. The lowest BCUT2D eigenvalue weighted by molar-refractivity contribution is -0.274. The number of benzene rings is 2. The normalized spacial score (nSPS) is 11.4. The fourth-order valence-electron chi connectivity index (χ4n) is 1.87. The summed E-state index contributed by atoms with van der Waals surface area (Å²) < 4.78 is 40.8. The number of nitrogens with one attached hydrogen (secondary N) is 1. The van der Waals surface area contributed by atoms with Crippen molar-refractivity contribution in [3.8, 4) is 11.5 Å². The van der Waals surface area contributed by atoms with Gasteiger partial charge in [-0.3, -0.25) is 0 Å². The lowest BCUT2D eigenvalue weighted by atomic mass is 10.1. The zero-order valence-electron chi connectivity index (χ0n) is 11.0. The molecule has 21 heavy (non-hydrogen) atoms. The van der Waals surface area contributed by atoms with Gasteiger partial charge in [0, 0.05) is 24.2 Å². The summed E-state index contributed by atoms with van der Waals surface area (Å²) in [7, 11) is 0. The van der Waals surface area contributed by atoms with Crippen LogP contribution >= 0.6 is 0 Å². The second-order valence-electron chi connectivity index (χ2n) is 4.39. The molecule has 0 spiro atoms. The quantitative estimate of drug-likeness (QED) is 0.886. The highest BCUT2D eigenvalue weighted by Gasteiger charge is 2.31. The van der Waals surface area contributed by atoms with Crippen LogP contribution in [0.5, 0.6) is 11.5 Å². The molecule has 0 fully saturated rings. The van der Waals surface area contributed by atoms with Crippen LogP contribution in [0.2, 0.25) is 0 Å². The highest BCUT2D eigenvalue weighted by molar-refractivity contribution is 5.34. The van der Waals surface area contributed by atoms with Gasteiger partial charge in [-0.25, -0.2) is 0 Å². The van der Waals surface area contributed by atoms with Crippen molar-refractivity contribution in [1.29, 1.82) is 0 Å². The van der Waals surface area contributed by atoms with Crippen molar-refractivity contribution in [2.75, 3.05) is 0 Å². The fraction of sp³-hybridized carbons (Fsp3) is 0.200. The van der Waals surface area contributed by atoms with Crippen LogP contribution < -0.4 is 10.1 Å². The van der Waals surface area contributed by atoms with Gasteiger partial charge in [0.05, 0.1) is 0 Å². The molecule has 0 bridgehead atoms. The van der Waals surface area contributed by atoms with Gasteiger partial charge < -0.3 is 15.2 Å². The van der Waals surface area contributed by atoms with E-state index in [1.54, 1.807) is 36.4 Å². The summed E-state index contributed by atoms with van der Waals surface area (Å²) in [6, 6.07) is 12.7. The Hall–Kier alpha value is -2.21. The van der Waals surface area contributed by atoms with Crippen molar-refractivity contribution in [2.24, 2.45) is 0 Å². The molecule has 6 heteroatoms. The molecule has 0 amide bonds. The smallest absolute Gasteiger partial charge is 0.508 e. The minimum atomic E-state index is -4.71. The first-order valence-corrected chi connectivity index (χ1v) is 6.27. The van der Waals surface area contributed by atoms with E-state index in [0.29, 0.717) is 17.7 Å². The van der Waals surface area contributed by atoms with E-state index in [0.717, 1.165) is 0 Å². The number of hydrogen-bond donors (Lipinski definition) is 2. The first-order valence-electron chi connectivity index (χ1n) is 6.27. The summed E-state index contributed by atoms with van der Waals surface area (Å²) in [6.07, 6.45) is -4.71. The minimum absolute atomic E-state index is 0.143. The van der Waals surface area contributed by atoms with Crippen LogP contribution in [0.3, 0.4) is 0 Å². The average molecular weight is 297 g/mol. The van der Waals surface area contributed by atoms with Crippen LogP contribution in [0.1, 0.15) is 11.1 Å². The van der Waals surface area contributed by atoms with Gasteiger partial charge in [-0.1, -0.05) is 36.4 Å². The van der Waals surface area contributed by atoms with E-state index in [2.05, 4.69) is 10.1 Å². The predicted octanol–water partition coefficient (Wildman–Crippen LogP) is 3.58. The Kier molecular flexibility index (Phi) is 4.70. The van der Waals surface area contributed by atoms with Crippen molar-refractivity contribution >= 4 is 0 Å². The van der Waals surface area contributed by atoms with Crippen LogP contribution in [0.4, 0.5) is 13.2 Å². The Bertz CT molecular complexity index is 599. The molecule has 0 aliphatic rings. The summed E-state index contributed by atoms with van der Waals surface area (Å²) >= 11 is 0. The van der Waals surface area contributed by atoms with E-state index in [-0.39, 0.29) is 18.0 Å². The number of rotatable bonds is 5. The lowest BCUT2D eigenvalue weighted by Crippen LogP contribution is -2.20. The van der Waals surface area contributed by atoms with Gasteiger partial charge in [0.15, 0.2) is 0 Å². The van der Waals surface area contributed by atoms with Gasteiger partial charge in [-0.2, -0.15) is 0 Å². The number of aromatic hydroxyl groups is 1. The molecule has 2 aromatic carbocycles. The highest BCUT2D eigenvalue weighted by atomic mass is 19.4. The Morgan fingerprint density at radius 2 is 1.48 bits per heavy atom. The number of alkyl halides is 3. The molecule has 0 saturated carbocycles. The van der Waals surface area contributed by atoms with Crippen LogP contribution in [-0.4, -0.2) is 11.5 Å². The molecular formula is C15H14F3NO2. The van der Waals surface area contributed by atoms with Gasteiger partial charge >= 0.3 is 6.36 Å². The van der Waals surface area contributed by atoms with Gasteiger partial charge in [-0.05, 0) is 12.1 Å². The first kappa shape index (κ1) is 15.2. The minimum Gasteiger partial charge on any atom is -0.508 e. The molecule has 2 N–H and O–H groups in total. The number of ether oxygens (including phenoxy) is 1. The lowest BCUT2D eigenvalue weighted by Gasteiger charge is -2.13. The maximum Gasteiger partial charge on any atom is 0.573 e. The Morgan fingerprint density at radius 3 is 2.14 bits per heavy atom. The topological polar surface area (TPSA) is 41.5 Å². The molecule has 3 nitrogen and oxygen atoms in total. The molecule has 0 aromatic heterocycles.